The Balaban J connectivity index is 1.95. The maximum absolute atomic E-state index is 12.1. The van der Waals surface area contributed by atoms with Crippen molar-refractivity contribution in [1.29, 1.82) is 0 Å². The molecule has 0 unspecified atom stereocenters. The molecule has 0 aliphatic heterocycles. The first-order valence-electron chi connectivity index (χ1n) is 7.02. The lowest BCUT2D eigenvalue weighted by atomic mass is 10.1. The van der Waals surface area contributed by atoms with Crippen molar-refractivity contribution in [2.24, 2.45) is 0 Å². The summed E-state index contributed by atoms with van der Waals surface area (Å²) in [7, 11) is 0. The number of hydrogen-bond acceptors (Lipinski definition) is 2. The van der Waals surface area contributed by atoms with Gasteiger partial charge < -0.3 is 5.32 Å². The number of benzene rings is 2. The van der Waals surface area contributed by atoms with Gasteiger partial charge in [-0.25, -0.2) is 0 Å². The molecule has 0 aliphatic rings. The summed E-state index contributed by atoms with van der Waals surface area (Å²) in [4.78, 5) is 13.2. The minimum atomic E-state index is 0.0324. The van der Waals surface area contributed by atoms with Crippen molar-refractivity contribution in [3.63, 3.8) is 0 Å². The Morgan fingerprint density at radius 2 is 1.62 bits per heavy atom. The fourth-order valence-corrected chi connectivity index (χ4v) is 3.16. The van der Waals surface area contributed by atoms with Crippen molar-refractivity contribution < 1.29 is 4.79 Å². The predicted octanol–water partition coefficient (Wildman–Crippen LogP) is 4.65. The predicted molar refractivity (Wildman–Crippen MR) is 91.2 cm³/mol. The van der Waals surface area contributed by atoms with Crippen LogP contribution >= 0.6 is 11.8 Å². The topological polar surface area (TPSA) is 29.1 Å². The number of rotatable bonds is 4. The van der Waals surface area contributed by atoms with Crippen molar-refractivity contribution in [2.75, 3.05) is 11.1 Å². The molecule has 0 atom stereocenters. The monoisotopic (exact) mass is 299 g/mol. The number of carbonyl (C=O) groups is 1. The van der Waals surface area contributed by atoms with Crippen LogP contribution in [-0.2, 0) is 4.79 Å². The number of aryl methyl sites for hydroxylation is 4. The van der Waals surface area contributed by atoms with Gasteiger partial charge in [-0.05, 0) is 62.6 Å². The molecule has 2 nitrogen and oxygen atoms in total. The van der Waals surface area contributed by atoms with Gasteiger partial charge in [0.2, 0.25) is 5.91 Å². The van der Waals surface area contributed by atoms with Gasteiger partial charge in [-0.2, -0.15) is 0 Å². The molecule has 21 heavy (non-hydrogen) atoms. The smallest absolute Gasteiger partial charge is 0.234 e. The van der Waals surface area contributed by atoms with Crippen LogP contribution in [-0.4, -0.2) is 11.7 Å². The number of amides is 1. The van der Waals surface area contributed by atoms with E-state index in [1.165, 1.54) is 11.1 Å². The summed E-state index contributed by atoms with van der Waals surface area (Å²) in [5, 5.41) is 2.96. The summed E-state index contributed by atoms with van der Waals surface area (Å²) < 4.78 is 0. The minimum Gasteiger partial charge on any atom is -0.325 e. The molecular formula is C18H21NOS. The lowest BCUT2D eigenvalue weighted by molar-refractivity contribution is -0.113. The first-order valence-corrected chi connectivity index (χ1v) is 8.01. The summed E-state index contributed by atoms with van der Waals surface area (Å²) in [5.41, 5.74) is 5.66. The van der Waals surface area contributed by atoms with Crippen LogP contribution in [0.4, 0.5) is 5.69 Å². The maximum Gasteiger partial charge on any atom is 0.234 e. The Morgan fingerprint density at radius 3 is 2.24 bits per heavy atom. The molecule has 1 N–H and O–H groups in total. The molecule has 0 aliphatic carbocycles. The van der Waals surface area contributed by atoms with E-state index in [4.69, 9.17) is 0 Å². The molecule has 0 spiro atoms. The highest BCUT2D eigenvalue weighted by Gasteiger charge is 2.06. The lowest BCUT2D eigenvalue weighted by Gasteiger charge is -2.09. The van der Waals surface area contributed by atoms with E-state index in [0.29, 0.717) is 5.75 Å². The molecule has 2 aromatic rings. The molecule has 0 saturated heterocycles. The first kappa shape index (κ1) is 15.6. The normalized spacial score (nSPS) is 10.5. The second kappa shape index (κ2) is 6.81. The molecule has 3 heteroatoms. The van der Waals surface area contributed by atoms with Gasteiger partial charge in [-0.1, -0.05) is 23.8 Å². The first-order chi connectivity index (χ1) is 9.94. The minimum absolute atomic E-state index is 0.0324. The van der Waals surface area contributed by atoms with Gasteiger partial charge in [0.25, 0.3) is 0 Å². The Labute approximate surface area is 131 Å². The molecule has 0 heterocycles. The average Bonchev–Trinajstić information content (AvgIpc) is 2.36. The third-order valence-corrected chi connectivity index (χ3v) is 4.37. The molecule has 0 saturated carbocycles. The summed E-state index contributed by atoms with van der Waals surface area (Å²) >= 11 is 1.58. The molecule has 110 valence electrons. The van der Waals surface area contributed by atoms with E-state index in [1.807, 2.05) is 26.0 Å². The highest BCUT2D eigenvalue weighted by Crippen LogP contribution is 2.23. The van der Waals surface area contributed by atoms with Crippen LogP contribution in [0.5, 0.6) is 0 Å². The van der Waals surface area contributed by atoms with Crippen LogP contribution in [0.15, 0.2) is 41.3 Å². The van der Waals surface area contributed by atoms with E-state index < -0.39 is 0 Å². The number of carbonyl (C=O) groups excluding carboxylic acids is 1. The number of anilines is 1. The zero-order valence-electron chi connectivity index (χ0n) is 13.0. The van der Waals surface area contributed by atoms with Crippen LogP contribution in [0.3, 0.4) is 0 Å². The SMILES string of the molecule is Cc1cc(C)cc(NC(=O)CSc2ccc(C)cc2C)c1. The zero-order chi connectivity index (χ0) is 15.4. The highest BCUT2D eigenvalue weighted by atomic mass is 32.2. The quantitative estimate of drug-likeness (QED) is 0.833. The van der Waals surface area contributed by atoms with Crippen LogP contribution in [0.2, 0.25) is 0 Å². The van der Waals surface area contributed by atoms with Gasteiger partial charge in [-0.15, -0.1) is 11.8 Å². The highest BCUT2D eigenvalue weighted by molar-refractivity contribution is 8.00. The van der Waals surface area contributed by atoms with Gasteiger partial charge in [0.05, 0.1) is 5.75 Å². The summed E-state index contributed by atoms with van der Waals surface area (Å²) in [6.45, 7) is 8.23. The molecule has 0 fully saturated rings. The van der Waals surface area contributed by atoms with Crippen molar-refractivity contribution in [1.82, 2.24) is 0 Å². The fraction of sp³-hybridized carbons (Fsp3) is 0.278. The van der Waals surface area contributed by atoms with Gasteiger partial charge >= 0.3 is 0 Å². The molecule has 0 bridgehead atoms. The lowest BCUT2D eigenvalue weighted by Crippen LogP contribution is -2.14. The Hall–Kier alpha value is -1.74. The largest absolute Gasteiger partial charge is 0.325 e. The second-order valence-electron chi connectivity index (χ2n) is 5.48. The van der Waals surface area contributed by atoms with E-state index in [-0.39, 0.29) is 5.91 Å². The van der Waals surface area contributed by atoms with Crippen LogP contribution in [0.1, 0.15) is 22.3 Å². The van der Waals surface area contributed by atoms with Crippen molar-refractivity contribution in [3.8, 4) is 0 Å². The Bertz CT molecular complexity index is 644. The van der Waals surface area contributed by atoms with Crippen molar-refractivity contribution in [3.05, 3.63) is 58.7 Å². The summed E-state index contributed by atoms with van der Waals surface area (Å²) in [6.07, 6.45) is 0. The average molecular weight is 299 g/mol. The van der Waals surface area contributed by atoms with E-state index in [9.17, 15) is 4.79 Å². The van der Waals surface area contributed by atoms with E-state index in [2.05, 4.69) is 43.4 Å². The van der Waals surface area contributed by atoms with E-state index >= 15 is 0 Å². The molecule has 1 amide bonds. The van der Waals surface area contributed by atoms with Gasteiger partial charge in [0, 0.05) is 10.6 Å². The number of thioether (sulfide) groups is 1. The molecule has 2 rings (SSSR count). The number of hydrogen-bond donors (Lipinski definition) is 1. The molecule has 0 aromatic heterocycles. The van der Waals surface area contributed by atoms with Gasteiger partial charge in [-0.3, -0.25) is 4.79 Å². The Morgan fingerprint density at radius 1 is 0.952 bits per heavy atom. The van der Waals surface area contributed by atoms with Crippen molar-refractivity contribution >= 4 is 23.4 Å². The Kier molecular flexibility index (Phi) is 5.07. The van der Waals surface area contributed by atoms with E-state index in [0.717, 1.165) is 21.7 Å². The maximum atomic E-state index is 12.1. The number of nitrogens with one attached hydrogen (secondary N) is 1. The zero-order valence-corrected chi connectivity index (χ0v) is 13.8. The van der Waals surface area contributed by atoms with E-state index in [1.54, 1.807) is 11.8 Å². The van der Waals surface area contributed by atoms with Crippen molar-refractivity contribution in [2.45, 2.75) is 32.6 Å². The molecule has 0 radical (unpaired) electrons. The molecule has 2 aromatic carbocycles. The third-order valence-electron chi connectivity index (χ3n) is 3.19. The van der Waals surface area contributed by atoms with Gasteiger partial charge in [0.15, 0.2) is 0 Å². The third kappa shape index (κ3) is 4.64. The molecular weight excluding hydrogens is 278 g/mol. The van der Waals surface area contributed by atoms with Crippen LogP contribution < -0.4 is 5.32 Å². The summed E-state index contributed by atoms with van der Waals surface area (Å²) in [5.74, 6) is 0.460. The standard InChI is InChI=1S/C18H21NOS/c1-12-5-6-17(15(4)8-12)21-11-18(20)19-16-9-13(2)7-14(3)10-16/h5-10H,11H2,1-4H3,(H,19,20). The second-order valence-corrected chi connectivity index (χ2v) is 6.50. The van der Waals surface area contributed by atoms with Crippen LogP contribution in [0, 0.1) is 27.7 Å². The van der Waals surface area contributed by atoms with Gasteiger partial charge in [0.1, 0.15) is 0 Å². The fourth-order valence-electron chi connectivity index (χ4n) is 2.35. The summed E-state index contributed by atoms with van der Waals surface area (Å²) in [6, 6.07) is 12.4. The van der Waals surface area contributed by atoms with Crippen LogP contribution in [0.25, 0.3) is 0 Å².